The summed E-state index contributed by atoms with van der Waals surface area (Å²) >= 11 is 6.61. The number of benzene rings is 3. The highest BCUT2D eigenvalue weighted by molar-refractivity contribution is 7.92. The van der Waals surface area contributed by atoms with Gasteiger partial charge in [-0.1, -0.05) is 54.1 Å². The van der Waals surface area contributed by atoms with Crippen molar-refractivity contribution in [3.8, 4) is 0 Å². The third-order valence-electron chi connectivity index (χ3n) is 5.23. The number of fused-ring (bicyclic) bond motifs is 2. The molecular weight excluding hydrogens is 390 g/mol. The molecule has 1 N–H and O–H groups in total. The predicted octanol–water partition coefficient (Wildman–Crippen LogP) is 4.99. The van der Waals surface area contributed by atoms with Gasteiger partial charge in [-0.05, 0) is 77.3 Å². The van der Waals surface area contributed by atoms with Crippen LogP contribution in [0.25, 0.3) is 0 Å². The fourth-order valence-electron chi connectivity index (χ4n) is 3.98. The molecule has 3 nitrogen and oxygen atoms in total. The zero-order valence-electron chi connectivity index (χ0n) is 15.7. The Balaban J connectivity index is 1.68. The number of halogens is 1. The normalized spacial score (nSPS) is 13.4. The van der Waals surface area contributed by atoms with Gasteiger partial charge in [0.1, 0.15) is 0 Å². The van der Waals surface area contributed by atoms with Gasteiger partial charge in [-0.2, -0.15) is 0 Å². The van der Waals surface area contributed by atoms with Crippen LogP contribution in [0.1, 0.15) is 33.4 Å². The lowest BCUT2D eigenvalue weighted by molar-refractivity contribution is 0.607. The molecule has 0 atom stereocenters. The summed E-state index contributed by atoms with van der Waals surface area (Å²) in [5.74, 6) is 0. The highest BCUT2D eigenvalue weighted by atomic mass is 35.5. The van der Waals surface area contributed by atoms with E-state index in [-0.39, 0.29) is 0 Å². The maximum absolute atomic E-state index is 11.5. The van der Waals surface area contributed by atoms with Crippen LogP contribution in [0.4, 0.5) is 5.69 Å². The van der Waals surface area contributed by atoms with Gasteiger partial charge < -0.3 is 0 Å². The van der Waals surface area contributed by atoms with Crippen molar-refractivity contribution in [1.82, 2.24) is 0 Å². The van der Waals surface area contributed by atoms with Gasteiger partial charge >= 0.3 is 0 Å². The van der Waals surface area contributed by atoms with E-state index in [0.29, 0.717) is 12.1 Å². The van der Waals surface area contributed by atoms with Crippen molar-refractivity contribution >= 4 is 27.3 Å². The van der Waals surface area contributed by atoms with Crippen molar-refractivity contribution in [1.29, 1.82) is 0 Å². The lowest BCUT2D eigenvalue weighted by Gasteiger charge is -2.15. The Morgan fingerprint density at radius 3 is 2.50 bits per heavy atom. The molecule has 0 aliphatic heterocycles. The standard InChI is InChI=1S/C23H22ClNO2S/c1-28(26,27)25-20-8-4-5-16(13-20)14-22-21-11-9-17-6-2-3-7-18(17)15-19(21)10-12-23(22)24/h2-8,10,12-13,25H,9,11,14-15H2,1H3. The lowest BCUT2D eigenvalue weighted by Crippen LogP contribution is -2.09. The molecule has 5 heteroatoms. The molecule has 4 rings (SSSR count). The van der Waals surface area contributed by atoms with Crippen LogP contribution in [-0.2, 0) is 35.7 Å². The van der Waals surface area contributed by atoms with Crippen LogP contribution < -0.4 is 4.72 Å². The monoisotopic (exact) mass is 411 g/mol. The Morgan fingerprint density at radius 1 is 0.929 bits per heavy atom. The van der Waals surface area contributed by atoms with E-state index in [9.17, 15) is 8.42 Å². The van der Waals surface area contributed by atoms with Crippen LogP contribution in [0.3, 0.4) is 0 Å². The van der Waals surface area contributed by atoms with Crippen LogP contribution >= 0.6 is 11.6 Å². The third-order valence-corrected chi connectivity index (χ3v) is 6.19. The second-order valence-electron chi connectivity index (χ2n) is 7.36. The minimum atomic E-state index is -3.30. The van der Waals surface area contributed by atoms with Gasteiger partial charge in [0, 0.05) is 10.7 Å². The van der Waals surface area contributed by atoms with Crippen molar-refractivity contribution in [2.45, 2.75) is 25.7 Å². The van der Waals surface area contributed by atoms with Crippen LogP contribution in [0.5, 0.6) is 0 Å². The number of hydrogen-bond acceptors (Lipinski definition) is 2. The first-order valence-electron chi connectivity index (χ1n) is 9.32. The highest BCUT2D eigenvalue weighted by Crippen LogP contribution is 2.32. The molecule has 0 saturated carbocycles. The average Bonchev–Trinajstić information content (AvgIpc) is 2.82. The first-order valence-corrected chi connectivity index (χ1v) is 11.6. The number of hydrogen-bond donors (Lipinski definition) is 1. The molecule has 28 heavy (non-hydrogen) atoms. The molecule has 0 radical (unpaired) electrons. The number of sulfonamides is 1. The summed E-state index contributed by atoms with van der Waals surface area (Å²) in [4.78, 5) is 0. The first-order chi connectivity index (χ1) is 13.4. The molecule has 0 spiro atoms. The molecule has 3 aromatic carbocycles. The molecular formula is C23H22ClNO2S. The number of nitrogens with one attached hydrogen (secondary N) is 1. The van der Waals surface area contributed by atoms with E-state index in [2.05, 4.69) is 35.1 Å². The number of aryl methyl sites for hydroxylation is 1. The van der Waals surface area contributed by atoms with E-state index in [1.165, 1.54) is 22.3 Å². The van der Waals surface area contributed by atoms with Gasteiger partial charge in [-0.25, -0.2) is 8.42 Å². The zero-order chi connectivity index (χ0) is 19.7. The van der Waals surface area contributed by atoms with Gasteiger partial charge in [0.05, 0.1) is 6.26 Å². The molecule has 0 saturated heterocycles. The Bertz CT molecular complexity index is 1140. The molecule has 0 fully saturated rings. The molecule has 3 aromatic rings. The molecule has 0 aromatic heterocycles. The maximum atomic E-state index is 11.5. The van der Waals surface area contributed by atoms with Gasteiger partial charge in [0.15, 0.2) is 0 Å². The Morgan fingerprint density at radius 2 is 1.71 bits per heavy atom. The topological polar surface area (TPSA) is 46.2 Å². The van der Waals surface area contributed by atoms with E-state index in [1.807, 2.05) is 24.3 Å². The fraction of sp³-hybridized carbons (Fsp3) is 0.217. The average molecular weight is 412 g/mol. The Kier molecular flexibility index (Phi) is 5.17. The lowest BCUT2D eigenvalue weighted by atomic mass is 9.92. The van der Waals surface area contributed by atoms with Gasteiger partial charge in [0.2, 0.25) is 10.0 Å². The number of rotatable bonds is 4. The molecule has 0 heterocycles. The van der Waals surface area contributed by atoms with Crippen molar-refractivity contribution in [2.75, 3.05) is 11.0 Å². The molecule has 0 bridgehead atoms. The van der Waals surface area contributed by atoms with E-state index in [4.69, 9.17) is 11.6 Å². The molecule has 0 amide bonds. The minimum absolute atomic E-state index is 0.575. The largest absolute Gasteiger partial charge is 0.284 e. The summed E-state index contributed by atoms with van der Waals surface area (Å²) in [6, 6.07) is 20.3. The summed E-state index contributed by atoms with van der Waals surface area (Å²) in [6.07, 6.45) is 4.73. The van der Waals surface area contributed by atoms with Crippen molar-refractivity contribution < 1.29 is 8.42 Å². The summed E-state index contributed by atoms with van der Waals surface area (Å²) < 4.78 is 25.6. The fourth-order valence-corrected chi connectivity index (χ4v) is 4.78. The Labute approximate surface area is 171 Å². The second-order valence-corrected chi connectivity index (χ2v) is 9.52. The molecule has 1 aliphatic rings. The van der Waals surface area contributed by atoms with Crippen LogP contribution in [-0.4, -0.2) is 14.7 Å². The summed E-state index contributed by atoms with van der Waals surface area (Å²) in [5.41, 5.74) is 8.19. The third kappa shape index (κ3) is 4.23. The van der Waals surface area contributed by atoms with Gasteiger partial charge in [-0.3, -0.25) is 4.72 Å². The zero-order valence-corrected chi connectivity index (χ0v) is 17.3. The molecule has 144 valence electrons. The molecule has 1 aliphatic carbocycles. The van der Waals surface area contributed by atoms with E-state index in [0.717, 1.165) is 41.7 Å². The van der Waals surface area contributed by atoms with Crippen molar-refractivity contribution in [2.24, 2.45) is 0 Å². The highest BCUT2D eigenvalue weighted by Gasteiger charge is 2.18. The summed E-state index contributed by atoms with van der Waals surface area (Å²) in [7, 11) is -3.30. The quantitative estimate of drug-likeness (QED) is 0.657. The van der Waals surface area contributed by atoms with Crippen molar-refractivity contribution in [3.63, 3.8) is 0 Å². The predicted molar refractivity (Wildman–Crippen MR) is 116 cm³/mol. The maximum Gasteiger partial charge on any atom is 0.229 e. The minimum Gasteiger partial charge on any atom is -0.284 e. The van der Waals surface area contributed by atoms with Gasteiger partial charge in [0.25, 0.3) is 0 Å². The molecule has 0 unspecified atom stereocenters. The summed E-state index contributed by atoms with van der Waals surface area (Å²) in [6.45, 7) is 0. The van der Waals surface area contributed by atoms with Gasteiger partial charge in [-0.15, -0.1) is 0 Å². The van der Waals surface area contributed by atoms with E-state index >= 15 is 0 Å². The van der Waals surface area contributed by atoms with Crippen LogP contribution in [0.15, 0.2) is 60.7 Å². The van der Waals surface area contributed by atoms with Crippen LogP contribution in [0.2, 0.25) is 5.02 Å². The van der Waals surface area contributed by atoms with Crippen LogP contribution in [0, 0.1) is 0 Å². The van der Waals surface area contributed by atoms with Crippen molar-refractivity contribution in [3.05, 3.63) is 99.1 Å². The second kappa shape index (κ2) is 7.61. The summed E-state index contributed by atoms with van der Waals surface area (Å²) in [5, 5.41) is 0.770. The first kappa shape index (κ1) is 19.0. The Hall–Kier alpha value is -2.30. The van der Waals surface area contributed by atoms with E-state index < -0.39 is 10.0 Å². The van der Waals surface area contributed by atoms with E-state index in [1.54, 1.807) is 6.07 Å². The smallest absolute Gasteiger partial charge is 0.229 e. The SMILES string of the molecule is CS(=O)(=O)Nc1cccc(Cc2c(Cl)ccc3c2CCc2ccccc2C3)c1. The number of anilines is 1.